The molecule has 3 aromatic carbocycles. The van der Waals surface area contributed by atoms with E-state index in [0.717, 1.165) is 40.6 Å². The van der Waals surface area contributed by atoms with Crippen molar-refractivity contribution in [2.75, 3.05) is 45.8 Å². The maximum absolute atomic E-state index is 14.7. The summed E-state index contributed by atoms with van der Waals surface area (Å²) < 4.78 is 1.15. The Morgan fingerprint density at radius 3 is 1.88 bits per heavy atom. The topological polar surface area (TPSA) is 89.9 Å². The third kappa shape index (κ3) is 8.40. The number of likely N-dealkylation sites (tertiary alicyclic amines) is 3. The van der Waals surface area contributed by atoms with Gasteiger partial charge in [0.05, 0.1) is 37.7 Å². The second-order valence-corrected chi connectivity index (χ2v) is 15.3. The van der Waals surface area contributed by atoms with Crippen LogP contribution in [-0.2, 0) is 19.8 Å². The Labute approximate surface area is 316 Å². The van der Waals surface area contributed by atoms with Crippen molar-refractivity contribution >= 4 is 17.7 Å². The van der Waals surface area contributed by atoms with Gasteiger partial charge in [0.15, 0.2) is 0 Å². The Kier molecular flexibility index (Phi) is 13.6. The molecule has 8 nitrogen and oxygen atoms in total. The van der Waals surface area contributed by atoms with E-state index < -0.39 is 23.6 Å². The smallest absolute Gasteiger partial charge is 0.246 e. The van der Waals surface area contributed by atoms with Crippen molar-refractivity contribution in [2.45, 2.75) is 88.8 Å². The van der Waals surface area contributed by atoms with Crippen LogP contribution in [0.4, 0.5) is 0 Å². The summed E-state index contributed by atoms with van der Waals surface area (Å²) in [5, 5.41) is 14.2. The number of amides is 3. The van der Waals surface area contributed by atoms with Crippen LogP contribution in [0.25, 0.3) is 0 Å². The lowest BCUT2D eigenvalue weighted by molar-refractivity contribution is -0.935. The number of hydrogen-bond donors (Lipinski definition) is 2. The molecule has 3 aliphatic heterocycles. The molecule has 2 N–H and O–H groups in total. The molecule has 3 aliphatic rings. The molecule has 0 aliphatic carbocycles. The zero-order valence-corrected chi connectivity index (χ0v) is 31.7. The second kappa shape index (κ2) is 17.9. The molecule has 0 radical (unpaired) electrons. The van der Waals surface area contributed by atoms with Crippen LogP contribution in [-0.4, -0.2) is 101 Å². The zero-order chi connectivity index (χ0) is 35.8. The van der Waals surface area contributed by atoms with Crippen LogP contribution in [0, 0.1) is 5.92 Å². The van der Waals surface area contributed by atoms with Gasteiger partial charge in [0.25, 0.3) is 0 Å². The number of hydrogen-bond acceptors (Lipinski definition) is 4. The van der Waals surface area contributed by atoms with Crippen molar-refractivity contribution in [3.8, 4) is 0 Å². The summed E-state index contributed by atoms with van der Waals surface area (Å²) in [5.74, 6) is -0.0898. The number of rotatable bonds is 13. The first-order chi connectivity index (χ1) is 24.8. The lowest BCUT2D eigenvalue weighted by Crippen LogP contribution is -3.00. The van der Waals surface area contributed by atoms with Gasteiger partial charge >= 0.3 is 0 Å². The lowest BCUT2D eigenvalue weighted by Gasteiger charge is -2.44. The lowest BCUT2D eigenvalue weighted by atomic mass is 9.67. The van der Waals surface area contributed by atoms with Crippen LogP contribution >= 0.6 is 0 Å². The van der Waals surface area contributed by atoms with Crippen molar-refractivity contribution in [2.24, 2.45) is 5.92 Å². The van der Waals surface area contributed by atoms with Crippen LogP contribution in [0.1, 0.15) is 81.9 Å². The number of nitrogens with one attached hydrogen (secondary N) is 1. The summed E-state index contributed by atoms with van der Waals surface area (Å²) in [5.41, 5.74) is 2.12. The van der Waals surface area contributed by atoms with E-state index in [9.17, 15) is 19.5 Å². The van der Waals surface area contributed by atoms with E-state index in [0.29, 0.717) is 25.4 Å². The van der Waals surface area contributed by atoms with Crippen LogP contribution in [0.15, 0.2) is 91.0 Å². The van der Waals surface area contributed by atoms with Crippen molar-refractivity contribution in [3.05, 3.63) is 108 Å². The third-order valence-electron chi connectivity index (χ3n) is 11.8. The number of benzene rings is 3. The molecular formula is C43H57ClN4O4. The van der Waals surface area contributed by atoms with Crippen molar-refractivity contribution in [3.63, 3.8) is 0 Å². The molecule has 3 saturated heterocycles. The average molecular weight is 729 g/mol. The fraction of sp³-hybridized carbons (Fsp3) is 0.512. The minimum atomic E-state index is -0.819. The SMILES string of the molecule is CCC[N+]1(CCC)CCC[C@H](CNC(=O)[C@H]2CCCN2C(=O)[C@@H]2C[C@@H](O)CN2C(=O)CC(c2ccccc2)(c2ccccc2)c2ccccc2)C1.[Cl-]. The molecule has 0 aromatic heterocycles. The van der Waals surface area contributed by atoms with Gasteiger partial charge in [-0.2, -0.15) is 0 Å². The molecule has 280 valence electrons. The fourth-order valence-corrected chi connectivity index (χ4v) is 9.56. The largest absolute Gasteiger partial charge is 1.00 e. The highest BCUT2D eigenvalue weighted by atomic mass is 35.5. The monoisotopic (exact) mass is 728 g/mol. The maximum atomic E-state index is 14.7. The Morgan fingerprint density at radius 2 is 1.35 bits per heavy atom. The average Bonchev–Trinajstić information content (AvgIpc) is 3.81. The van der Waals surface area contributed by atoms with Gasteiger partial charge in [-0.05, 0) is 55.2 Å². The van der Waals surface area contributed by atoms with E-state index >= 15 is 0 Å². The number of carbonyl (C=O) groups is 3. The number of β-amino-alcohol motifs (C(OH)–C–C–N with tert-alkyl or cyclic N) is 1. The first-order valence-electron chi connectivity index (χ1n) is 19.4. The quantitative estimate of drug-likeness (QED) is 0.209. The van der Waals surface area contributed by atoms with Gasteiger partial charge in [0.2, 0.25) is 17.7 Å². The van der Waals surface area contributed by atoms with Gasteiger partial charge in [0.1, 0.15) is 12.1 Å². The molecule has 52 heavy (non-hydrogen) atoms. The summed E-state index contributed by atoms with van der Waals surface area (Å²) in [7, 11) is 0. The standard InChI is InChI=1S/C43H56N4O4.ClH/c1-3-25-47(26-4-2)27-15-16-33(32-47)30-44-41(50)38-23-14-24-45(38)42(51)39-28-37(48)31-46(39)40(49)29-43(34-17-8-5-9-18-34,35-19-10-6-11-20-35)36-21-12-7-13-22-36;/h5-13,17-22,33,37-39,48H,3-4,14-16,23-32H2,1-2H3;1H/t33-,37-,38-,39+;/m1./s1. The number of aliphatic hydroxyl groups excluding tert-OH is 1. The summed E-state index contributed by atoms with van der Waals surface area (Å²) in [6.07, 6.45) is 5.42. The molecular weight excluding hydrogens is 672 g/mol. The van der Waals surface area contributed by atoms with E-state index in [1.807, 2.05) is 54.6 Å². The molecule has 0 bridgehead atoms. The van der Waals surface area contributed by atoms with E-state index in [4.69, 9.17) is 0 Å². The van der Waals surface area contributed by atoms with E-state index in [-0.39, 0.29) is 49.5 Å². The molecule has 3 fully saturated rings. The normalized spacial score (nSPS) is 22.8. The molecule has 3 amide bonds. The summed E-state index contributed by atoms with van der Waals surface area (Å²) in [6.45, 7) is 10.4. The predicted molar refractivity (Wildman–Crippen MR) is 201 cm³/mol. The van der Waals surface area contributed by atoms with Gasteiger partial charge in [-0.3, -0.25) is 14.4 Å². The highest BCUT2D eigenvalue weighted by Crippen LogP contribution is 2.43. The predicted octanol–water partition coefficient (Wildman–Crippen LogP) is 2.53. The van der Waals surface area contributed by atoms with E-state index in [1.54, 1.807) is 9.80 Å². The van der Waals surface area contributed by atoms with Crippen molar-refractivity contribution in [1.29, 1.82) is 0 Å². The number of piperidine rings is 1. The van der Waals surface area contributed by atoms with Crippen LogP contribution in [0.2, 0.25) is 0 Å². The first-order valence-corrected chi connectivity index (χ1v) is 19.4. The maximum Gasteiger partial charge on any atom is 0.246 e. The molecule has 3 heterocycles. The van der Waals surface area contributed by atoms with Gasteiger partial charge in [-0.25, -0.2) is 0 Å². The Morgan fingerprint density at radius 1 is 0.788 bits per heavy atom. The summed E-state index contributed by atoms with van der Waals surface area (Å²) in [4.78, 5) is 46.0. The molecule has 3 aromatic rings. The zero-order valence-electron chi connectivity index (χ0n) is 31.0. The molecule has 0 spiro atoms. The highest BCUT2D eigenvalue weighted by molar-refractivity contribution is 5.93. The Bertz CT molecular complexity index is 1500. The molecule has 6 rings (SSSR count). The molecule has 0 unspecified atom stereocenters. The van der Waals surface area contributed by atoms with Gasteiger partial charge in [-0.15, -0.1) is 0 Å². The Balaban J connectivity index is 0.00000523. The molecule has 9 heteroatoms. The highest BCUT2D eigenvalue weighted by Gasteiger charge is 2.47. The molecule has 4 atom stereocenters. The minimum absolute atomic E-state index is 0. The minimum Gasteiger partial charge on any atom is -1.00 e. The number of carbonyl (C=O) groups excluding carboxylic acids is 3. The second-order valence-electron chi connectivity index (χ2n) is 15.3. The van der Waals surface area contributed by atoms with E-state index in [1.165, 1.54) is 38.9 Å². The third-order valence-corrected chi connectivity index (χ3v) is 11.8. The fourth-order valence-electron chi connectivity index (χ4n) is 9.56. The van der Waals surface area contributed by atoms with E-state index in [2.05, 4.69) is 55.6 Å². The molecule has 0 saturated carbocycles. The number of aliphatic hydroxyl groups is 1. The summed E-state index contributed by atoms with van der Waals surface area (Å²) in [6, 6.07) is 28.8. The van der Waals surface area contributed by atoms with Crippen LogP contribution < -0.4 is 17.7 Å². The number of quaternary nitrogens is 1. The number of nitrogens with zero attached hydrogens (tertiary/aromatic N) is 3. The van der Waals surface area contributed by atoms with Gasteiger partial charge < -0.3 is 37.1 Å². The summed E-state index contributed by atoms with van der Waals surface area (Å²) >= 11 is 0. The van der Waals surface area contributed by atoms with Crippen LogP contribution in [0.5, 0.6) is 0 Å². The van der Waals surface area contributed by atoms with Crippen molar-refractivity contribution in [1.82, 2.24) is 15.1 Å². The van der Waals surface area contributed by atoms with Crippen LogP contribution in [0.3, 0.4) is 0 Å². The van der Waals surface area contributed by atoms with Crippen molar-refractivity contribution < 1.29 is 36.4 Å². The van der Waals surface area contributed by atoms with Gasteiger partial charge in [-0.1, -0.05) is 105 Å². The van der Waals surface area contributed by atoms with Gasteiger partial charge in [0, 0.05) is 38.4 Å². The number of halogens is 1. The first kappa shape index (κ1) is 39.5. The Hall–Kier alpha value is -3.72.